The zero-order chi connectivity index (χ0) is 11.5. The van der Waals surface area contributed by atoms with Crippen molar-refractivity contribution in [3.63, 3.8) is 0 Å². The molecule has 0 atom stereocenters. The smallest absolute Gasteiger partial charge is 0.116 e. The lowest BCUT2D eigenvalue weighted by atomic mass is 10.1. The van der Waals surface area contributed by atoms with E-state index in [0.717, 1.165) is 35.1 Å². The van der Waals surface area contributed by atoms with Crippen molar-refractivity contribution < 1.29 is 0 Å². The van der Waals surface area contributed by atoms with Gasteiger partial charge >= 0.3 is 0 Å². The normalized spacial score (nSPS) is 10.9. The van der Waals surface area contributed by atoms with E-state index in [1.807, 2.05) is 10.8 Å². The first kappa shape index (κ1) is 10.9. The number of rotatable bonds is 4. The van der Waals surface area contributed by atoms with Gasteiger partial charge in [-0.25, -0.2) is 4.68 Å². The molecule has 0 saturated heterocycles. The third kappa shape index (κ3) is 1.73. The molecular formula is C13H17N3. The molecule has 0 aliphatic rings. The van der Waals surface area contributed by atoms with Gasteiger partial charge in [0.1, 0.15) is 5.52 Å². The van der Waals surface area contributed by atoms with E-state index in [4.69, 9.17) is 0 Å². The number of benzene rings is 1. The number of aromatic nitrogens is 3. The predicted octanol–water partition coefficient (Wildman–Crippen LogP) is 3.18. The molecule has 84 valence electrons. The van der Waals surface area contributed by atoms with Crippen LogP contribution in [-0.4, -0.2) is 15.0 Å². The molecule has 3 heteroatoms. The third-order valence-electron chi connectivity index (χ3n) is 2.93. The molecular weight excluding hydrogens is 198 g/mol. The fourth-order valence-electron chi connectivity index (χ4n) is 1.88. The minimum Gasteiger partial charge on any atom is -0.245 e. The van der Waals surface area contributed by atoms with Crippen LogP contribution >= 0.6 is 0 Å². The van der Waals surface area contributed by atoms with Gasteiger partial charge < -0.3 is 0 Å². The maximum atomic E-state index is 4.24. The second kappa shape index (κ2) is 4.47. The van der Waals surface area contributed by atoms with Gasteiger partial charge in [0.25, 0.3) is 0 Å². The van der Waals surface area contributed by atoms with E-state index in [2.05, 4.69) is 42.9 Å². The lowest BCUT2D eigenvalue weighted by molar-refractivity contribution is 0.567. The molecule has 1 aromatic carbocycles. The van der Waals surface area contributed by atoms with Crippen LogP contribution in [0.2, 0.25) is 0 Å². The summed E-state index contributed by atoms with van der Waals surface area (Å²) in [5, 5.41) is 8.45. The molecule has 2 rings (SSSR count). The molecule has 0 saturated carbocycles. The van der Waals surface area contributed by atoms with Crippen LogP contribution in [0.5, 0.6) is 0 Å². The molecule has 3 nitrogen and oxygen atoms in total. The molecule has 0 aliphatic carbocycles. The van der Waals surface area contributed by atoms with Crippen LogP contribution in [0.15, 0.2) is 18.7 Å². The van der Waals surface area contributed by atoms with E-state index in [9.17, 15) is 0 Å². The minimum absolute atomic E-state index is 0.944. The highest BCUT2D eigenvalue weighted by Gasteiger charge is 2.08. The summed E-state index contributed by atoms with van der Waals surface area (Å²) in [6.45, 7) is 8.99. The Bertz CT molecular complexity index is 511. The van der Waals surface area contributed by atoms with Gasteiger partial charge in [0.2, 0.25) is 0 Å². The highest BCUT2D eigenvalue weighted by Crippen LogP contribution is 2.20. The van der Waals surface area contributed by atoms with Crippen molar-refractivity contribution >= 4 is 17.1 Å². The lowest BCUT2D eigenvalue weighted by Gasteiger charge is -2.03. The van der Waals surface area contributed by atoms with Gasteiger partial charge in [-0.2, -0.15) is 0 Å². The van der Waals surface area contributed by atoms with Gasteiger partial charge in [0.05, 0.1) is 5.52 Å². The average Bonchev–Trinajstić information content (AvgIpc) is 2.71. The van der Waals surface area contributed by atoms with Crippen molar-refractivity contribution in [1.29, 1.82) is 0 Å². The number of hydrogen-bond donors (Lipinski definition) is 0. The summed E-state index contributed by atoms with van der Waals surface area (Å²) >= 11 is 0. The summed E-state index contributed by atoms with van der Waals surface area (Å²) in [6, 6.07) is 4.16. The Morgan fingerprint density at radius 1 is 1.44 bits per heavy atom. The van der Waals surface area contributed by atoms with Crippen molar-refractivity contribution in [3.05, 3.63) is 29.8 Å². The number of fused-ring (bicyclic) bond motifs is 1. The van der Waals surface area contributed by atoms with Crippen LogP contribution in [0, 0.1) is 6.92 Å². The van der Waals surface area contributed by atoms with Crippen molar-refractivity contribution in [2.24, 2.45) is 0 Å². The fraction of sp³-hybridized carbons (Fsp3) is 0.385. The van der Waals surface area contributed by atoms with Crippen LogP contribution in [-0.2, 0) is 6.54 Å². The highest BCUT2D eigenvalue weighted by atomic mass is 15.4. The molecule has 1 heterocycles. The standard InChI is InChI=1S/C13H17N3/c1-4-6-9-16-12-8-7-11(5-2)10(3)13(12)14-15-16/h5,7-8H,2,4,6,9H2,1,3H3. The van der Waals surface area contributed by atoms with Crippen LogP contribution in [0.1, 0.15) is 30.9 Å². The van der Waals surface area contributed by atoms with Gasteiger partial charge in [-0.1, -0.05) is 37.3 Å². The van der Waals surface area contributed by atoms with Gasteiger partial charge in [0, 0.05) is 6.54 Å². The van der Waals surface area contributed by atoms with Crippen molar-refractivity contribution in [2.45, 2.75) is 33.2 Å². The van der Waals surface area contributed by atoms with E-state index in [0.29, 0.717) is 0 Å². The number of unbranched alkanes of at least 4 members (excludes halogenated alkanes) is 1. The first-order chi connectivity index (χ1) is 7.77. The molecule has 0 fully saturated rings. The Balaban J connectivity index is 2.49. The maximum Gasteiger partial charge on any atom is 0.116 e. The highest BCUT2D eigenvalue weighted by molar-refractivity contribution is 5.81. The van der Waals surface area contributed by atoms with Crippen LogP contribution in [0.25, 0.3) is 17.1 Å². The molecule has 2 aromatic rings. The summed E-state index contributed by atoms with van der Waals surface area (Å²) in [5.74, 6) is 0. The SMILES string of the molecule is C=Cc1ccc2c(nnn2CCCC)c1C. The van der Waals surface area contributed by atoms with Crippen molar-refractivity contribution in [2.75, 3.05) is 0 Å². The summed E-state index contributed by atoms with van der Waals surface area (Å²) in [7, 11) is 0. The zero-order valence-corrected chi connectivity index (χ0v) is 9.90. The van der Waals surface area contributed by atoms with Crippen molar-refractivity contribution in [1.82, 2.24) is 15.0 Å². The maximum absolute atomic E-state index is 4.24. The quantitative estimate of drug-likeness (QED) is 0.784. The van der Waals surface area contributed by atoms with Crippen LogP contribution in [0.4, 0.5) is 0 Å². The third-order valence-corrected chi connectivity index (χ3v) is 2.93. The van der Waals surface area contributed by atoms with Gasteiger partial charge in [-0.05, 0) is 30.5 Å². The molecule has 0 N–H and O–H groups in total. The Labute approximate surface area is 95.8 Å². The van der Waals surface area contributed by atoms with Crippen LogP contribution < -0.4 is 0 Å². The predicted molar refractivity (Wildman–Crippen MR) is 67.3 cm³/mol. The average molecular weight is 215 g/mol. The van der Waals surface area contributed by atoms with Gasteiger partial charge in [-0.3, -0.25) is 0 Å². The Hall–Kier alpha value is -1.64. The van der Waals surface area contributed by atoms with E-state index in [1.165, 1.54) is 6.42 Å². The molecule has 0 amide bonds. The van der Waals surface area contributed by atoms with Gasteiger partial charge in [-0.15, -0.1) is 5.10 Å². The molecule has 1 aromatic heterocycles. The monoisotopic (exact) mass is 215 g/mol. The van der Waals surface area contributed by atoms with E-state index >= 15 is 0 Å². The molecule has 0 unspecified atom stereocenters. The summed E-state index contributed by atoms with van der Waals surface area (Å²) in [4.78, 5) is 0. The number of aryl methyl sites for hydroxylation is 2. The molecule has 16 heavy (non-hydrogen) atoms. The van der Waals surface area contributed by atoms with E-state index < -0.39 is 0 Å². The summed E-state index contributed by atoms with van der Waals surface area (Å²) in [6.07, 6.45) is 4.17. The molecule has 0 spiro atoms. The fourth-order valence-corrected chi connectivity index (χ4v) is 1.88. The van der Waals surface area contributed by atoms with Gasteiger partial charge in [0.15, 0.2) is 0 Å². The molecule has 0 aliphatic heterocycles. The molecule has 0 radical (unpaired) electrons. The van der Waals surface area contributed by atoms with Crippen molar-refractivity contribution in [3.8, 4) is 0 Å². The first-order valence-corrected chi connectivity index (χ1v) is 5.73. The van der Waals surface area contributed by atoms with E-state index in [-0.39, 0.29) is 0 Å². The molecule has 0 bridgehead atoms. The first-order valence-electron chi connectivity index (χ1n) is 5.73. The number of nitrogens with zero attached hydrogens (tertiary/aromatic N) is 3. The Morgan fingerprint density at radius 2 is 2.25 bits per heavy atom. The lowest BCUT2D eigenvalue weighted by Crippen LogP contribution is -1.99. The number of hydrogen-bond acceptors (Lipinski definition) is 2. The zero-order valence-electron chi connectivity index (χ0n) is 9.90. The minimum atomic E-state index is 0.944. The summed E-state index contributed by atoms with van der Waals surface area (Å²) in [5.41, 5.74) is 4.41. The second-order valence-corrected chi connectivity index (χ2v) is 4.02. The Kier molecular flexibility index (Phi) is 3.04. The van der Waals surface area contributed by atoms with Crippen LogP contribution in [0.3, 0.4) is 0 Å². The second-order valence-electron chi connectivity index (χ2n) is 4.02. The van der Waals surface area contributed by atoms with E-state index in [1.54, 1.807) is 0 Å². The summed E-state index contributed by atoms with van der Waals surface area (Å²) < 4.78 is 1.98. The largest absolute Gasteiger partial charge is 0.245 e. The topological polar surface area (TPSA) is 30.7 Å². The Morgan fingerprint density at radius 3 is 2.94 bits per heavy atom.